The number of benzene rings is 2. The number of pyridine rings is 2. The Bertz CT molecular complexity index is 1530. The Kier molecular flexibility index (Phi) is 20.7. The average molecular weight is 739 g/mol. The third-order valence-corrected chi connectivity index (χ3v) is 10.7. The van der Waals surface area contributed by atoms with Crippen LogP contribution in [0.1, 0.15) is 168 Å². The molecule has 0 unspecified atom stereocenters. The van der Waals surface area contributed by atoms with Crippen molar-refractivity contribution in [3.63, 3.8) is 0 Å². The number of ether oxygens (including phenoxy) is 2. The molecule has 54 heavy (non-hydrogen) atoms. The Hall–Kier alpha value is -3.80. The Labute approximate surface area is 326 Å². The van der Waals surface area contributed by atoms with Crippen LogP contribution in [0.2, 0.25) is 0 Å². The van der Waals surface area contributed by atoms with Gasteiger partial charge in [0.2, 0.25) is 11.5 Å². The van der Waals surface area contributed by atoms with Gasteiger partial charge in [-0.05, 0) is 62.1 Å². The van der Waals surface area contributed by atoms with Crippen LogP contribution in [0.3, 0.4) is 0 Å². The van der Waals surface area contributed by atoms with E-state index in [1.54, 1.807) is 0 Å². The quantitative estimate of drug-likeness (QED) is 0.0241. The van der Waals surface area contributed by atoms with Gasteiger partial charge in [0, 0.05) is 37.8 Å². The largest absolute Gasteiger partial charge is 0.419 e. The predicted molar refractivity (Wildman–Crippen MR) is 222 cm³/mol. The second-order valence-electron chi connectivity index (χ2n) is 15.3. The van der Waals surface area contributed by atoms with Crippen molar-refractivity contribution in [2.24, 2.45) is 0 Å². The van der Waals surface area contributed by atoms with Crippen molar-refractivity contribution >= 4 is 33.7 Å². The molecule has 0 saturated heterocycles. The molecule has 0 fully saturated rings. The SMILES string of the molecule is CCCCCCCCCCCC(=O)Oc1cccc2ccc[n+](CCCCCC[n+]3cccc4cccc(OC(=O)CCCCCCCCCCC)c43)c12. The molecule has 6 heteroatoms. The van der Waals surface area contributed by atoms with Gasteiger partial charge in [-0.1, -0.05) is 129 Å². The molecule has 0 amide bonds. The fraction of sp³-hybridized carbons (Fsp3) is 0.583. The summed E-state index contributed by atoms with van der Waals surface area (Å²) in [5.74, 6) is 1.05. The number of rotatable bonds is 29. The second kappa shape index (κ2) is 26.1. The van der Waals surface area contributed by atoms with Crippen LogP contribution in [0.5, 0.6) is 11.5 Å². The van der Waals surface area contributed by atoms with Gasteiger partial charge in [0.25, 0.3) is 11.0 Å². The molecule has 4 aromatic rings. The fourth-order valence-corrected chi connectivity index (χ4v) is 7.58. The predicted octanol–water partition coefficient (Wildman–Crippen LogP) is 12.5. The highest BCUT2D eigenvalue weighted by Crippen LogP contribution is 2.25. The molecule has 0 atom stereocenters. The van der Waals surface area contributed by atoms with Crippen LogP contribution in [-0.2, 0) is 22.7 Å². The zero-order valence-electron chi connectivity index (χ0n) is 33.8. The summed E-state index contributed by atoms with van der Waals surface area (Å²) < 4.78 is 16.4. The first-order valence-corrected chi connectivity index (χ1v) is 21.8. The topological polar surface area (TPSA) is 60.4 Å². The minimum atomic E-state index is -0.136. The van der Waals surface area contributed by atoms with Gasteiger partial charge in [-0.2, -0.15) is 9.13 Å². The molecule has 0 spiro atoms. The van der Waals surface area contributed by atoms with Crippen molar-refractivity contribution in [2.75, 3.05) is 0 Å². The van der Waals surface area contributed by atoms with Crippen LogP contribution in [0.25, 0.3) is 21.8 Å². The lowest BCUT2D eigenvalue weighted by Crippen LogP contribution is -2.35. The van der Waals surface area contributed by atoms with E-state index >= 15 is 0 Å². The minimum Gasteiger partial charge on any atom is -0.419 e. The molecule has 2 aromatic heterocycles. The molecule has 0 saturated carbocycles. The van der Waals surface area contributed by atoms with E-state index in [4.69, 9.17) is 9.47 Å². The Morgan fingerprint density at radius 3 is 1.15 bits per heavy atom. The number of aromatic nitrogens is 2. The number of carbonyl (C=O) groups is 2. The monoisotopic (exact) mass is 739 g/mol. The molecular formula is C48H70N2O4+2. The normalized spacial score (nSPS) is 11.4. The third kappa shape index (κ3) is 15.5. The maximum absolute atomic E-state index is 12.8. The van der Waals surface area contributed by atoms with E-state index in [1.807, 2.05) is 24.3 Å². The number of para-hydroxylation sites is 2. The minimum absolute atomic E-state index is 0.136. The molecule has 294 valence electrons. The number of unbranched alkanes of at least 4 members (excludes halogenated alkanes) is 19. The summed E-state index contributed by atoms with van der Waals surface area (Å²) in [7, 11) is 0. The van der Waals surface area contributed by atoms with Gasteiger partial charge in [-0.15, -0.1) is 0 Å². The van der Waals surface area contributed by atoms with Crippen molar-refractivity contribution in [2.45, 2.75) is 181 Å². The first kappa shape index (κ1) is 42.9. The van der Waals surface area contributed by atoms with E-state index in [-0.39, 0.29) is 11.9 Å². The Morgan fingerprint density at radius 2 is 0.759 bits per heavy atom. The summed E-state index contributed by atoms with van der Waals surface area (Å²) >= 11 is 0. The number of carbonyl (C=O) groups excluding carboxylic acids is 2. The zero-order valence-corrected chi connectivity index (χ0v) is 33.8. The van der Waals surface area contributed by atoms with Gasteiger partial charge in [0.15, 0.2) is 12.4 Å². The Morgan fingerprint density at radius 1 is 0.426 bits per heavy atom. The van der Waals surface area contributed by atoms with Crippen molar-refractivity contribution in [1.82, 2.24) is 0 Å². The smallest absolute Gasteiger partial charge is 0.311 e. The summed E-state index contributed by atoms with van der Waals surface area (Å²) in [5.41, 5.74) is 1.98. The van der Waals surface area contributed by atoms with Crippen molar-refractivity contribution in [3.05, 3.63) is 73.1 Å². The molecule has 4 rings (SSSR count). The Balaban J connectivity index is 1.20. The summed E-state index contributed by atoms with van der Waals surface area (Å²) in [6.45, 7) is 6.24. The summed E-state index contributed by atoms with van der Waals surface area (Å²) in [5, 5.41) is 2.17. The van der Waals surface area contributed by atoms with Gasteiger partial charge < -0.3 is 9.47 Å². The number of hydrogen-bond donors (Lipinski definition) is 0. The van der Waals surface area contributed by atoms with Crippen LogP contribution < -0.4 is 18.6 Å². The van der Waals surface area contributed by atoms with Crippen molar-refractivity contribution < 1.29 is 28.2 Å². The molecule has 0 radical (unpaired) electrons. The third-order valence-electron chi connectivity index (χ3n) is 10.7. The van der Waals surface area contributed by atoms with Crippen LogP contribution in [0.15, 0.2) is 73.1 Å². The van der Waals surface area contributed by atoms with E-state index < -0.39 is 0 Å². The average Bonchev–Trinajstić information content (AvgIpc) is 3.18. The van der Waals surface area contributed by atoms with E-state index in [0.29, 0.717) is 24.3 Å². The molecule has 0 aliphatic heterocycles. The van der Waals surface area contributed by atoms with Crippen molar-refractivity contribution in [1.29, 1.82) is 0 Å². The highest BCUT2D eigenvalue weighted by molar-refractivity contribution is 5.85. The highest BCUT2D eigenvalue weighted by Gasteiger charge is 2.19. The van der Waals surface area contributed by atoms with E-state index in [9.17, 15) is 9.59 Å². The molecule has 0 bridgehead atoms. The summed E-state index contributed by atoms with van der Waals surface area (Å²) in [6.07, 6.45) is 31.5. The summed E-state index contributed by atoms with van der Waals surface area (Å²) in [6, 6.07) is 20.3. The summed E-state index contributed by atoms with van der Waals surface area (Å²) in [4.78, 5) is 25.7. The van der Waals surface area contributed by atoms with Gasteiger partial charge >= 0.3 is 11.9 Å². The first-order chi connectivity index (χ1) is 26.6. The van der Waals surface area contributed by atoms with Crippen LogP contribution >= 0.6 is 0 Å². The number of fused-ring (bicyclic) bond motifs is 2. The lowest BCUT2D eigenvalue weighted by Gasteiger charge is -2.09. The second-order valence-corrected chi connectivity index (χ2v) is 15.3. The number of hydrogen-bond acceptors (Lipinski definition) is 4. The maximum atomic E-state index is 12.8. The molecular weight excluding hydrogens is 669 g/mol. The molecule has 6 nitrogen and oxygen atoms in total. The van der Waals surface area contributed by atoms with Crippen LogP contribution in [0.4, 0.5) is 0 Å². The lowest BCUT2D eigenvalue weighted by molar-refractivity contribution is -0.673. The molecule has 0 aliphatic carbocycles. The molecule has 2 aromatic carbocycles. The molecule has 2 heterocycles. The first-order valence-electron chi connectivity index (χ1n) is 21.8. The zero-order chi connectivity index (χ0) is 38.1. The number of esters is 2. The number of aryl methyl sites for hydroxylation is 2. The molecule has 0 aliphatic rings. The van der Waals surface area contributed by atoms with E-state index in [1.165, 1.54) is 89.9 Å². The standard InChI is InChI=1S/C48H70N2O4/c1-3-5-7-9-11-13-15-17-21-35-45(51)53-43-33-25-29-41-31-27-39-49(47(41)43)37-23-19-20-24-38-50-40-28-32-42-30-26-34-44(48(42)50)54-46(52)36-22-18-16-14-12-10-8-6-4-2/h25-34,39-40H,3-24,35-38H2,1-2H3/q+2. The van der Waals surface area contributed by atoms with Crippen molar-refractivity contribution in [3.8, 4) is 11.5 Å². The van der Waals surface area contributed by atoms with Gasteiger partial charge in [-0.3, -0.25) is 9.59 Å². The number of nitrogens with zero attached hydrogens (tertiary/aromatic N) is 2. The van der Waals surface area contributed by atoms with E-state index in [2.05, 4.69) is 71.8 Å². The maximum Gasteiger partial charge on any atom is 0.311 e. The van der Waals surface area contributed by atoms with Gasteiger partial charge in [-0.25, -0.2) is 0 Å². The highest BCUT2D eigenvalue weighted by atomic mass is 16.5. The fourth-order valence-electron chi connectivity index (χ4n) is 7.58. The lowest BCUT2D eigenvalue weighted by atomic mass is 10.1. The van der Waals surface area contributed by atoms with Crippen LogP contribution in [-0.4, -0.2) is 11.9 Å². The van der Waals surface area contributed by atoms with Gasteiger partial charge in [0.05, 0.1) is 10.8 Å². The molecule has 0 N–H and O–H groups in total. The van der Waals surface area contributed by atoms with Gasteiger partial charge in [0.1, 0.15) is 13.1 Å². The van der Waals surface area contributed by atoms with E-state index in [0.717, 1.165) is 86.3 Å². The van der Waals surface area contributed by atoms with Crippen LogP contribution in [0, 0.1) is 0 Å².